The Kier molecular flexibility index (Phi) is 3.69. The van der Waals surface area contributed by atoms with Crippen LogP contribution in [0.25, 0.3) is 0 Å². The average Bonchev–Trinajstić information content (AvgIpc) is 1.98. The van der Waals surface area contributed by atoms with Gasteiger partial charge in [-0.25, -0.2) is 8.78 Å². The van der Waals surface area contributed by atoms with E-state index >= 15 is 0 Å². The standard InChI is InChI=1S/C7H10F4O2/c1-6(8,9)7(10,11)4-3-5(12)13-2/h3-4H2,1-2H3. The molecular weight excluding hydrogens is 192 g/mol. The van der Waals surface area contributed by atoms with E-state index < -0.39 is 30.7 Å². The molecule has 0 rings (SSSR count). The van der Waals surface area contributed by atoms with Gasteiger partial charge in [0.2, 0.25) is 0 Å². The summed E-state index contributed by atoms with van der Waals surface area (Å²) >= 11 is 0. The first-order chi connectivity index (χ1) is 5.70. The Balaban J connectivity index is 4.12. The predicted molar refractivity (Wildman–Crippen MR) is 36.8 cm³/mol. The zero-order chi connectivity index (χ0) is 10.7. The first kappa shape index (κ1) is 12.2. The number of hydrogen-bond donors (Lipinski definition) is 0. The average molecular weight is 202 g/mol. The molecule has 78 valence electrons. The summed E-state index contributed by atoms with van der Waals surface area (Å²) in [6, 6.07) is 0. The smallest absolute Gasteiger partial charge is 0.310 e. The Morgan fingerprint density at radius 1 is 1.31 bits per heavy atom. The minimum Gasteiger partial charge on any atom is -0.469 e. The summed E-state index contributed by atoms with van der Waals surface area (Å²) in [5, 5.41) is 0. The summed E-state index contributed by atoms with van der Waals surface area (Å²) in [4.78, 5) is 10.4. The van der Waals surface area contributed by atoms with Gasteiger partial charge in [0.05, 0.1) is 13.5 Å². The van der Waals surface area contributed by atoms with Crippen molar-refractivity contribution in [1.82, 2.24) is 0 Å². The van der Waals surface area contributed by atoms with Gasteiger partial charge in [-0.1, -0.05) is 0 Å². The third kappa shape index (κ3) is 3.61. The molecule has 2 nitrogen and oxygen atoms in total. The molecule has 0 spiro atoms. The van der Waals surface area contributed by atoms with Crippen molar-refractivity contribution in [3.63, 3.8) is 0 Å². The summed E-state index contributed by atoms with van der Waals surface area (Å²) in [7, 11) is 1.00. The number of carbonyl (C=O) groups excluding carboxylic acids is 1. The summed E-state index contributed by atoms with van der Waals surface area (Å²) in [6.07, 6.45) is -1.92. The normalized spacial score (nSPS) is 12.8. The molecule has 0 bridgehead atoms. The van der Waals surface area contributed by atoms with E-state index in [1.54, 1.807) is 0 Å². The predicted octanol–water partition coefficient (Wildman–Crippen LogP) is 2.23. The van der Waals surface area contributed by atoms with Crippen LogP contribution in [0.2, 0.25) is 0 Å². The van der Waals surface area contributed by atoms with Gasteiger partial charge in [0, 0.05) is 13.3 Å². The number of ether oxygens (including phenoxy) is 1. The van der Waals surface area contributed by atoms with Crippen LogP contribution in [0.5, 0.6) is 0 Å². The molecule has 0 atom stereocenters. The Morgan fingerprint density at radius 2 is 1.77 bits per heavy atom. The quantitative estimate of drug-likeness (QED) is 0.516. The van der Waals surface area contributed by atoms with Crippen LogP contribution in [0.4, 0.5) is 17.6 Å². The Bertz CT molecular complexity index is 185. The van der Waals surface area contributed by atoms with E-state index in [1.807, 2.05) is 0 Å². The van der Waals surface area contributed by atoms with Crippen molar-refractivity contribution in [2.24, 2.45) is 0 Å². The first-order valence-corrected chi connectivity index (χ1v) is 3.53. The molecule has 0 fully saturated rings. The van der Waals surface area contributed by atoms with Gasteiger partial charge in [0.1, 0.15) is 0 Å². The highest BCUT2D eigenvalue weighted by atomic mass is 19.3. The van der Waals surface area contributed by atoms with Crippen molar-refractivity contribution in [2.45, 2.75) is 31.6 Å². The van der Waals surface area contributed by atoms with Crippen LogP contribution in [0.1, 0.15) is 19.8 Å². The zero-order valence-corrected chi connectivity index (χ0v) is 7.24. The molecule has 13 heavy (non-hydrogen) atoms. The summed E-state index contributed by atoms with van der Waals surface area (Å²) in [6.45, 7) is 0.115. The third-order valence-corrected chi connectivity index (χ3v) is 1.51. The lowest BCUT2D eigenvalue weighted by atomic mass is 10.1. The van der Waals surface area contributed by atoms with Crippen LogP contribution in [0.15, 0.2) is 0 Å². The molecule has 0 aromatic rings. The Labute approximate surface area is 72.9 Å². The maximum Gasteiger partial charge on any atom is 0.310 e. The highest BCUT2D eigenvalue weighted by Crippen LogP contribution is 2.37. The van der Waals surface area contributed by atoms with Crippen LogP contribution in [-0.2, 0) is 9.53 Å². The molecule has 0 heterocycles. The largest absolute Gasteiger partial charge is 0.469 e. The van der Waals surface area contributed by atoms with E-state index in [-0.39, 0.29) is 6.92 Å². The lowest BCUT2D eigenvalue weighted by Gasteiger charge is -2.22. The maximum absolute atomic E-state index is 12.5. The molecule has 0 amide bonds. The van der Waals surface area contributed by atoms with Crippen LogP contribution in [0, 0.1) is 0 Å². The number of esters is 1. The van der Waals surface area contributed by atoms with Gasteiger partial charge in [-0.3, -0.25) is 4.79 Å². The molecule has 0 aromatic carbocycles. The molecule has 0 N–H and O–H groups in total. The van der Waals surface area contributed by atoms with Crippen molar-refractivity contribution < 1.29 is 27.1 Å². The number of carbonyl (C=O) groups is 1. The molecule has 0 unspecified atom stereocenters. The third-order valence-electron chi connectivity index (χ3n) is 1.51. The second-order valence-corrected chi connectivity index (χ2v) is 2.67. The molecular formula is C7H10F4O2. The van der Waals surface area contributed by atoms with Crippen molar-refractivity contribution in [2.75, 3.05) is 7.11 Å². The van der Waals surface area contributed by atoms with Crippen molar-refractivity contribution in [3.05, 3.63) is 0 Å². The van der Waals surface area contributed by atoms with E-state index in [9.17, 15) is 22.4 Å². The van der Waals surface area contributed by atoms with Crippen molar-refractivity contribution in [1.29, 1.82) is 0 Å². The van der Waals surface area contributed by atoms with E-state index in [1.165, 1.54) is 0 Å². The van der Waals surface area contributed by atoms with Gasteiger partial charge < -0.3 is 4.74 Å². The molecule has 0 aliphatic rings. The van der Waals surface area contributed by atoms with E-state index in [4.69, 9.17) is 0 Å². The molecule has 0 aromatic heterocycles. The number of methoxy groups -OCH3 is 1. The fourth-order valence-corrected chi connectivity index (χ4v) is 0.581. The second kappa shape index (κ2) is 3.93. The van der Waals surface area contributed by atoms with Crippen molar-refractivity contribution >= 4 is 5.97 Å². The molecule has 0 saturated carbocycles. The van der Waals surface area contributed by atoms with Crippen LogP contribution < -0.4 is 0 Å². The maximum atomic E-state index is 12.5. The van der Waals surface area contributed by atoms with Crippen molar-refractivity contribution in [3.8, 4) is 0 Å². The van der Waals surface area contributed by atoms with Crippen LogP contribution >= 0.6 is 0 Å². The second-order valence-electron chi connectivity index (χ2n) is 2.67. The fourth-order valence-electron chi connectivity index (χ4n) is 0.581. The summed E-state index contributed by atoms with van der Waals surface area (Å²) < 4.78 is 53.3. The van der Waals surface area contributed by atoms with Gasteiger partial charge in [0.15, 0.2) is 0 Å². The number of halogens is 4. The van der Waals surface area contributed by atoms with Crippen LogP contribution in [-0.4, -0.2) is 24.9 Å². The SMILES string of the molecule is COC(=O)CCC(F)(F)C(C)(F)F. The Hall–Kier alpha value is -0.810. The minimum absolute atomic E-state index is 0.115. The number of rotatable bonds is 4. The van der Waals surface area contributed by atoms with E-state index in [0.717, 1.165) is 7.11 Å². The summed E-state index contributed by atoms with van der Waals surface area (Å²) in [5.74, 6) is -9.20. The van der Waals surface area contributed by atoms with E-state index in [2.05, 4.69) is 4.74 Å². The molecule has 0 saturated heterocycles. The molecule has 0 radical (unpaired) electrons. The lowest BCUT2D eigenvalue weighted by molar-refractivity contribution is -0.202. The highest BCUT2D eigenvalue weighted by Gasteiger charge is 2.51. The van der Waals surface area contributed by atoms with E-state index in [0.29, 0.717) is 0 Å². The lowest BCUT2D eigenvalue weighted by Crippen LogP contribution is -2.37. The monoisotopic (exact) mass is 202 g/mol. The van der Waals surface area contributed by atoms with Gasteiger partial charge in [-0.15, -0.1) is 0 Å². The highest BCUT2D eigenvalue weighted by molar-refractivity contribution is 5.69. The number of hydrogen-bond acceptors (Lipinski definition) is 2. The number of alkyl halides is 4. The first-order valence-electron chi connectivity index (χ1n) is 3.53. The zero-order valence-electron chi connectivity index (χ0n) is 7.24. The van der Waals surface area contributed by atoms with Gasteiger partial charge in [-0.05, 0) is 0 Å². The topological polar surface area (TPSA) is 26.3 Å². The fraction of sp³-hybridized carbons (Fsp3) is 0.857. The summed E-state index contributed by atoms with van der Waals surface area (Å²) in [5.41, 5.74) is 0. The molecule has 0 aliphatic carbocycles. The Morgan fingerprint density at radius 3 is 2.08 bits per heavy atom. The molecule has 6 heteroatoms. The van der Waals surface area contributed by atoms with Gasteiger partial charge in [-0.2, -0.15) is 8.78 Å². The van der Waals surface area contributed by atoms with Gasteiger partial charge >= 0.3 is 17.8 Å². The minimum atomic E-state index is -4.17. The van der Waals surface area contributed by atoms with Crippen LogP contribution in [0.3, 0.4) is 0 Å². The van der Waals surface area contributed by atoms with Gasteiger partial charge in [0.25, 0.3) is 0 Å². The molecule has 0 aliphatic heterocycles.